The zero-order valence-electron chi connectivity index (χ0n) is 12.4. The Balaban J connectivity index is 2.39. The lowest BCUT2D eigenvalue weighted by Gasteiger charge is -2.10. The number of primary sulfonamides is 1. The molecule has 1 amide bonds. The van der Waals surface area contributed by atoms with E-state index in [0.29, 0.717) is 0 Å². The summed E-state index contributed by atoms with van der Waals surface area (Å²) in [7, 11) is -2.68. The number of nitro benzene ring substituents is 1. The minimum absolute atomic E-state index is 0.0736. The summed E-state index contributed by atoms with van der Waals surface area (Å²) >= 11 is 0. The summed E-state index contributed by atoms with van der Waals surface area (Å²) in [6.07, 6.45) is 0. The van der Waals surface area contributed by atoms with Crippen LogP contribution >= 0.6 is 0 Å². The molecule has 0 aliphatic carbocycles. The molecule has 0 saturated carbocycles. The van der Waals surface area contributed by atoms with Crippen molar-refractivity contribution in [1.29, 1.82) is 0 Å². The van der Waals surface area contributed by atoms with Crippen LogP contribution in [0.2, 0.25) is 0 Å². The molecule has 3 N–H and O–H groups in total. The molecule has 24 heavy (non-hydrogen) atoms. The number of nitrogens with zero attached hydrogens (tertiary/aromatic N) is 1. The number of amides is 1. The molecule has 0 fully saturated rings. The maximum Gasteiger partial charge on any atom is 0.271 e. The molecule has 2 aromatic rings. The highest BCUT2D eigenvalue weighted by atomic mass is 32.2. The van der Waals surface area contributed by atoms with Gasteiger partial charge in [-0.25, -0.2) is 13.6 Å². The van der Waals surface area contributed by atoms with Crippen LogP contribution in [0.5, 0.6) is 5.75 Å². The van der Waals surface area contributed by atoms with Gasteiger partial charge in [0, 0.05) is 17.8 Å². The van der Waals surface area contributed by atoms with E-state index >= 15 is 0 Å². The van der Waals surface area contributed by atoms with E-state index in [2.05, 4.69) is 5.32 Å². The van der Waals surface area contributed by atoms with Gasteiger partial charge < -0.3 is 10.1 Å². The highest BCUT2D eigenvalue weighted by Crippen LogP contribution is 2.24. The Kier molecular flexibility index (Phi) is 4.81. The van der Waals surface area contributed by atoms with Crippen LogP contribution in [0.3, 0.4) is 0 Å². The normalized spacial score (nSPS) is 10.9. The first-order valence-corrected chi connectivity index (χ1v) is 8.03. The average molecular weight is 351 g/mol. The lowest BCUT2D eigenvalue weighted by Crippen LogP contribution is -2.16. The summed E-state index contributed by atoms with van der Waals surface area (Å²) in [6, 6.07) is 8.89. The number of nitrogens with one attached hydrogen (secondary N) is 1. The van der Waals surface area contributed by atoms with Crippen LogP contribution in [0.4, 0.5) is 11.4 Å². The molecule has 2 rings (SSSR count). The summed E-state index contributed by atoms with van der Waals surface area (Å²) in [6.45, 7) is 0. The molecule has 0 atom stereocenters. The number of non-ortho nitro benzene ring substituents is 1. The van der Waals surface area contributed by atoms with Gasteiger partial charge in [-0.2, -0.15) is 0 Å². The molecule has 0 unspecified atom stereocenters. The molecule has 126 valence electrons. The predicted octanol–water partition coefficient (Wildman–Crippen LogP) is 1.50. The van der Waals surface area contributed by atoms with E-state index < -0.39 is 20.9 Å². The largest absolute Gasteiger partial charge is 0.496 e. The van der Waals surface area contributed by atoms with Gasteiger partial charge in [-0.3, -0.25) is 14.9 Å². The summed E-state index contributed by atoms with van der Waals surface area (Å²) in [5.41, 5.74) is -0.0918. The van der Waals surface area contributed by atoms with Gasteiger partial charge in [0.05, 0.1) is 22.5 Å². The SMILES string of the molecule is COc1ccc(S(N)(=O)=O)cc1C(=O)Nc1cccc([N+](=O)[O-])c1. The summed E-state index contributed by atoms with van der Waals surface area (Å²) in [5, 5.41) is 18.3. The van der Waals surface area contributed by atoms with Gasteiger partial charge in [0.1, 0.15) is 5.75 Å². The van der Waals surface area contributed by atoms with Gasteiger partial charge in [-0.15, -0.1) is 0 Å². The van der Waals surface area contributed by atoms with Gasteiger partial charge in [0.25, 0.3) is 11.6 Å². The lowest BCUT2D eigenvalue weighted by molar-refractivity contribution is -0.384. The van der Waals surface area contributed by atoms with E-state index in [9.17, 15) is 23.3 Å². The molecule has 0 spiro atoms. The monoisotopic (exact) mass is 351 g/mol. The molecule has 0 bridgehead atoms. The highest BCUT2D eigenvalue weighted by Gasteiger charge is 2.18. The van der Waals surface area contributed by atoms with E-state index in [1.165, 1.54) is 43.5 Å². The third-order valence-corrected chi connectivity index (χ3v) is 3.97. The van der Waals surface area contributed by atoms with Gasteiger partial charge in [0.2, 0.25) is 10.0 Å². The zero-order chi connectivity index (χ0) is 17.9. The number of hydrogen-bond donors (Lipinski definition) is 2. The third kappa shape index (κ3) is 3.86. The third-order valence-electron chi connectivity index (χ3n) is 3.06. The van der Waals surface area contributed by atoms with Crippen molar-refractivity contribution in [2.45, 2.75) is 4.90 Å². The predicted molar refractivity (Wildman–Crippen MR) is 85.4 cm³/mol. The van der Waals surface area contributed by atoms with Crippen LogP contribution in [-0.2, 0) is 10.0 Å². The Morgan fingerprint density at radius 3 is 2.54 bits per heavy atom. The van der Waals surface area contributed by atoms with Crippen LogP contribution in [-0.4, -0.2) is 26.4 Å². The number of benzene rings is 2. The number of methoxy groups -OCH3 is 1. The van der Waals surface area contributed by atoms with Crippen LogP contribution in [0.15, 0.2) is 47.4 Å². The van der Waals surface area contributed by atoms with Crippen LogP contribution < -0.4 is 15.2 Å². The molecule has 9 nitrogen and oxygen atoms in total. The zero-order valence-corrected chi connectivity index (χ0v) is 13.2. The van der Waals surface area contributed by atoms with Gasteiger partial charge >= 0.3 is 0 Å². The second-order valence-corrected chi connectivity index (χ2v) is 6.23. The van der Waals surface area contributed by atoms with E-state index in [0.717, 1.165) is 6.07 Å². The van der Waals surface area contributed by atoms with Crippen molar-refractivity contribution in [3.05, 3.63) is 58.1 Å². The van der Waals surface area contributed by atoms with Crippen molar-refractivity contribution in [2.75, 3.05) is 12.4 Å². The van der Waals surface area contributed by atoms with Gasteiger partial charge in [-0.05, 0) is 24.3 Å². The van der Waals surface area contributed by atoms with E-state index in [1.807, 2.05) is 0 Å². The molecule has 0 heterocycles. The smallest absolute Gasteiger partial charge is 0.271 e. The maximum absolute atomic E-state index is 12.4. The number of carbonyl (C=O) groups is 1. The Labute approximate surface area is 137 Å². The number of ether oxygens (including phenoxy) is 1. The van der Waals surface area contributed by atoms with Gasteiger partial charge in [0.15, 0.2) is 0 Å². The molecule has 0 saturated heterocycles. The highest BCUT2D eigenvalue weighted by molar-refractivity contribution is 7.89. The lowest BCUT2D eigenvalue weighted by atomic mass is 10.1. The molecule has 0 aromatic heterocycles. The quantitative estimate of drug-likeness (QED) is 0.617. The minimum atomic E-state index is -4.00. The van der Waals surface area contributed by atoms with E-state index in [1.54, 1.807) is 0 Å². The Bertz CT molecular complexity index is 910. The van der Waals surface area contributed by atoms with Crippen molar-refractivity contribution in [2.24, 2.45) is 5.14 Å². The van der Waals surface area contributed by atoms with Crippen molar-refractivity contribution in [3.8, 4) is 5.75 Å². The molecule has 0 aliphatic heterocycles. The van der Waals surface area contributed by atoms with E-state index in [-0.39, 0.29) is 27.6 Å². The Morgan fingerprint density at radius 2 is 1.96 bits per heavy atom. The van der Waals surface area contributed by atoms with E-state index in [4.69, 9.17) is 9.88 Å². The number of nitro groups is 1. The Hall–Kier alpha value is -2.98. The summed E-state index contributed by atoms with van der Waals surface area (Å²) < 4.78 is 27.9. The molecular formula is C14H13N3O6S. The van der Waals surface area contributed by atoms with Crippen LogP contribution in [0.25, 0.3) is 0 Å². The van der Waals surface area contributed by atoms with Crippen LogP contribution in [0, 0.1) is 10.1 Å². The number of carbonyl (C=O) groups excluding carboxylic acids is 1. The molecular weight excluding hydrogens is 338 g/mol. The number of sulfonamides is 1. The topological polar surface area (TPSA) is 142 Å². The fraction of sp³-hybridized carbons (Fsp3) is 0.0714. The van der Waals surface area contributed by atoms with Gasteiger partial charge in [-0.1, -0.05) is 6.07 Å². The fourth-order valence-corrected chi connectivity index (χ4v) is 2.48. The number of rotatable bonds is 5. The Morgan fingerprint density at radius 1 is 1.25 bits per heavy atom. The van der Waals surface area contributed by atoms with Crippen molar-refractivity contribution >= 4 is 27.3 Å². The van der Waals surface area contributed by atoms with Crippen LogP contribution in [0.1, 0.15) is 10.4 Å². The molecule has 0 radical (unpaired) electrons. The second kappa shape index (κ2) is 6.64. The van der Waals surface area contributed by atoms with Crippen molar-refractivity contribution in [3.63, 3.8) is 0 Å². The fourth-order valence-electron chi connectivity index (χ4n) is 1.94. The number of nitrogens with two attached hydrogens (primary N) is 1. The number of anilines is 1. The first-order chi connectivity index (χ1) is 11.2. The average Bonchev–Trinajstić information content (AvgIpc) is 2.53. The summed E-state index contributed by atoms with van der Waals surface area (Å²) in [5.74, 6) is -0.567. The van der Waals surface area contributed by atoms with Crippen molar-refractivity contribution in [1.82, 2.24) is 0 Å². The summed E-state index contributed by atoms with van der Waals surface area (Å²) in [4.78, 5) is 22.3. The maximum atomic E-state index is 12.4. The standard InChI is InChI=1S/C14H13N3O6S/c1-23-13-6-5-11(24(15,21)22)8-12(13)14(18)16-9-3-2-4-10(7-9)17(19)20/h2-8H,1H3,(H,16,18)(H2,15,21,22). The number of hydrogen-bond acceptors (Lipinski definition) is 6. The first-order valence-electron chi connectivity index (χ1n) is 6.49. The first kappa shape index (κ1) is 17.4. The van der Waals surface area contributed by atoms with Crippen molar-refractivity contribution < 1.29 is 22.9 Å². The minimum Gasteiger partial charge on any atom is -0.496 e. The molecule has 0 aliphatic rings. The second-order valence-electron chi connectivity index (χ2n) is 4.67. The molecule has 10 heteroatoms. The molecule has 2 aromatic carbocycles.